The number of benzene rings is 1. The molecule has 4 heterocycles. The highest BCUT2D eigenvalue weighted by Gasteiger charge is 2.36. The van der Waals surface area contributed by atoms with Crippen molar-refractivity contribution in [3.8, 4) is 22.1 Å². The molecule has 0 unspecified atom stereocenters. The van der Waals surface area contributed by atoms with Crippen LogP contribution in [0.15, 0.2) is 54.9 Å². The van der Waals surface area contributed by atoms with E-state index in [0.29, 0.717) is 56.4 Å². The van der Waals surface area contributed by atoms with E-state index in [0.717, 1.165) is 39.2 Å². The fraction of sp³-hybridized carbons (Fsp3) is 0.400. The predicted octanol–water partition coefficient (Wildman–Crippen LogP) is 6.19. The van der Waals surface area contributed by atoms with Gasteiger partial charge in [0.1, 0.15) is 11.5 Å². The molecule has 240 valence electrons. The van der Waals surface area contributed by atoms with Crippen LogP contribution < -0.4 is 4.74 Å². The third-order valence-electron chi connectivity index (χ3n) is 8.26. The van der Waals surface area contributed by atoms with Gasteiger partial charge in [-0.05, 0) is 68.0 Å². The molecule has 9 nitrogen and oxygen atoms in total. The van der Waals surface area contributed by atoms with Gasteiger partial charge in [0, 0.05) is 70.9 Å². The minimum atomic E-state index is -1.18. The van der Waals surface area contributed by atoms with Gasteiger partial charge in [0.25, 0.3) is 5.91 Å². The minimum Gasteiger partial charge on any atom is -0.453 e. The molecule has 0 N–H and O–H groups in total. The molecule has 0 atom stereocenters. The maximum atomic E-state index is 15.0. The van der Waals surface area contributed by atoms with E-state index in [2.05, 4.69) is 9.88 Å². The van der Waals surface area contributed by atoms with Crippen molar-refractivity contribution in [1.82, 2.24) is 19.8 Å². The van der Waals surface area contributed by atoms with Gasteiger partial charge in [-0.25, -0.2) is 4.39 Å². The van der Waals surface area contributed by atoms with E-state index in [1.165, 1.54) is 24.3 Å². The SMILES string of the molecule is CC(=O)OC(C)(C)C(=O)N1CCN(Cc2ccc(-c3cc4nccc(Oc5ccc(CC(=O)CC6CC6)cc5F)c4s3)nc2)CC1. The Morgan fingerprint density at radius 3 is 2.41 bits per heavy atom. The van der Waals surface area contributed by atoms with Crippen molar-refractivity contribution in [2.24, 2.45) is 5.92 Å². The standard InChI is InChI=1S/C35H37FN4O5S/c1-22(41)45-35(2,3)34(43)40-14-12-39(13-15-40)21-25-6-8-28(38-20-25)32-19-29-33(46-32)31(10-11-37-29)44-30-9-7-24(18-27(30)36)17-26(42)16-23-4-5-23/h6-11,18-20,23H,4-5,12-17,21H2,1-3H3. The number of rotatable bonds is 11. The van der Waals surface area contributed by atoms with Crippen LogP contribution in [0.3, 0.4) is 0 Å². The molecule has 0 spiro atoms. The maximum absolute atomic E-state index is 15.0. The van der Waals surface area contributed by atoms with Crippen molar-refractivity contribution in [1.29, 1.82) is 0 Å². The molecular formula is C35H37FN4O5S. The number of esters is 1. The first-order valence-corrected chi connectivity index (χ1v) is 16.4. The van der Waals surface area contributed by atoms with Gasteiger partial charge in [0.05, 0.1) is 20.8 Å². The van der Waals surface area contributed by atoms with E-state index in [1.54, 1.807) is 43.1 Å². The van der Waals surface area contributed by atoms with Crippen LogP contribution in [0.4, 0.5) is 4.39 Å². The van der Waals surface area contributed by atoms with Crippen LogP contribution in [0.25, 0.3) is 20.8 Å². The zero-order valence-electron chi connectivity index (χ0n) is 26.3. The minimum absolute atomic E-state index is 0.0987. The molecule has 1 aliphatic carbocycles. The van der Waals surface area contributed by atoms with Crippen LogP contribution in [-0.4, -0.2) is 69.2 Å². The second-order valence-electron chi connectivity index (χ2n) is 12.6. The molecule has 3 aromatic heterocycles. The number of ketones is 1. The number of carbonyl (C=O) groups is 3. The first kappa shape index (κ1) is 31.7. The second kappa shape index (κ2) is 13.3. The molecule has 0 radical (unpaired) electrons. The maximum Gasteiger partial charge on any atom is 0.303 e. The van der Waals surface area contributed by atoms with Gasteiger partial charge >= 0.3 is 5.97 Å². The van der Waals surface area contributed by atoms with Crippen LogP contribution in [0.2, 0.25) is 0 Å². The number of amides is 1. The molecule has 11 heteroatoms. The summed E-state index contributed by atoms with van der Waals surface area (Å²) in [5, 5.41) is 0. The normalized spacial score (nSPS) is 15.6. The van der Waals surface area contributed by atoms with Crippen LogP contribution in [0.5, 0.6) is 11.5 Å². The Hall–Kier alpha value is -4.22. The molecule has 0 bridgehead atoms. The van der Waals surface area contributed by atoms with Gasteiger partial charge in [-0.2, -0.15) is 0 Å². The molecule has 4 aromatic rings. The lowest BCUT2D eigenvalue weighted by molar-refractivity contribution is -0.169. The third kappa shape index (κ3) is 7.59. The van der Waals surface area contributed by atoms with Crippen molar-refractivity contribution in [3.05, 3.63) is 71.8 Å². The van der Waals surface area contributed by atoms with Gasteiger partial charge < -0.3 is 14.4 Å². The van der Waals surface area contributed by atoms with Crippen LogP contribution in [0, 0.1) is 11.7 Å². The number of aromatic nitrogens is 2. The fourth-order valence-corrected chi connectivity index (χ4v) is 6.78. The summed E-state index contributed by atoms with van der Waals surface area (Å²) in [4.78, 5) is 50.6. The van der Waals surface area contributed by atoms with Crippen LogP contribution in [-0.2, 0) is 32.1 Å². The van der Waals surface area contributed by atoms with E-state index in [4.69, 9.17) is 14.5 Å². The van der Waals surface area contributed by atoms with Gasteiger partial charge in [-0.15, -0.1) is 11.3 Å². The number of hydrogen-bond acceptors (Lipinski definition) is 9. The zero-order chi connectivity index (χ0) is 32.4. The molecular weight excluding hydrogens is 607 g/mol. The summed E-state index contributed by atoms with van der Waals surface area (Å²) in [6, 6.07) is 12.4. The number of pyridine rings is 2. The molecule has 1 aliphatic heterocycles. The number of nitrogens with zero attached hydrogens (tertiary/aromatic N) is 4. The molecule has 1 saturated carbocycles. The summed E-state index contributed by atoms with van der Waals surface area (Å²) >= 11 is 1.48. The summed E-state index contributed by atoms with van der Waals surface area (Å²) in [7, 11) is 0. The Morgan fingerprint density at radius 1 is 0.978 bits per heavy atom. The largest absolute Gasteiger partial charge is 0.453 e. The number of Topliss-reactive ketones (excluding diaryl/α,β-unsaturated/α-hetero) is 1. The number of ether oxygens (including phenoxy) is 2. The Balaban J connectivity index is 1.07. The molecule has 6 rings (SSSR count). The lowest BCUT2D eigenvalue weighted by atomic mass is 10.0. The highest BCUT2D eigenvalue weighted by Crippen LogP contribution is 2.39. The number of hydrogen-bond donors (Lipinski definition) is 0. The van der Waals surface area contributed by atoms with Gasteiger partial charge in [0.15, 0.2) is 17.2 Å². The van der Waals surface area contributed by atoms with E-state index in [9.17, 15) is 18.8 Å². The first-order chi connectivity index (χ1) is 22.0. The van der Waals surface area contributed by atoms with E-state index in [-0.39, 0.29) is 23.9 Å². The van der Waals surface area contributed by atoms with Crippen molar-refractivity contribution in [2.45, 2.75) is 58.6 Å². The van der Waals surface area contributed by atoms with Crippen molar-refractivity contribution < 1.29 is 28.2 Å². The van der Waals surface area contributed by atoms with Gasteiger partial charge in [-0.1, -0.05) is 12.1 Å². The molecule has 46 heavy (non-hydrogen) atoms. The average molecular weight is 645 g/mol. The van der Waals surface area contributed by atoms with E-state index in [1.807, 2.05) is 24.4 Å². The quantitative estimate of drug-likeness (QED) is 0.178. The highest BCUT2D eigenvalue weighted by molar-refractivity contribution is 7.22. The van der Waals surface area contributed by atoms with Crippen molar-refractivity contribution in [3.63, 3.8) is 0 Å². The summed E-state index contributed by atoms with van der Waals surface area (Å²) in [6.45, 7) is 7.78. The third-order valence-corrected chi connectivity index (χ3v) is 9.42. The molecule has 1 amide bonds. The average Bonchev–Trinajstić information content (AvgIpc) is 3.71. The molecule has 2 aliphatic rings. The topological polar surface area (TPSA) is 102 Å². The number of halogens is 1. The monoisotopic (exact) mass is 644 g/mol. The molecule has 1 aromatic carbocycles. The Labute approximate surface area is 271 Å². The molecule has 1 saturated heterocycles. The number of carbonyl (C=O) groups excluding carboxylic acids is 3. The lowest BCUT2D eigenvalue weighted by Crippen LogP contribution is -2.54. The first-order valence-electron chi connectivity index (χ1n) is 15.6. The van der Waals surface area contributed by atoms with E-state index < -0.39 is 17.4 Å². The smallest absolute Gasteiger partial charge is 0.303 e. The number of thiophene rings is 1. The summed E-state index contributed by atoms with van der Waals surface area (Å²) < 4.78 is 27.0. The lowest BCUT2D eigenvalue weighted by Gasteiger charge is -2.38. The fourth-order valence-electron chi connectivity index (χ4n) is 5.74. The van der Waals surface area contributed by atoms with E-state index >= 15 is 0 Å². The Bertz CT molecular complexity index is 1760. The Kier molecular flexibility index (Phi) is 9.15. The second-order valence-corrected chi connectivity index (χ2v) is 13.6. The van der Waals surface area contributed by atoms with Crippen molar-refractivity contribution >= 4 is 39.2 Å². The van der Waals surface area contributed by atoms with Crippen molar-refractivity contribution in [2.75, 3.05) is 26.2 Å². The van der Waals surface area contributed by atoms with Crippen LogP contribution in [0.1, 0.15) is 51.2 Å². The number of fused-ring (bicyclic) bond motifs is 1. The zero-order valence-corrected chi connectivity index (χ0v) is 27.1. The summed E-state index contributed by atoms with van der Waals surface area (Å²) in [6.07, 6.45) is 6.54. The highest BCUT2D eigenvalue weighted by atomic mass is 32.1. The summed E-state index contributed by atoms with van der Waals surface area (Å²) in [5.74, 6) is 0.0984. The van der Waals surface area contributed by atoms with Gasteiger partial charge in [0.2, 0.25) is 0 Å². The molecule has 2 fully saturated rings. The Morgan fingerprint density at radius 2 is 1.74 bits per heavy atom. The predicted molar refractivity (Wildman–Crippen MR) is 173 cm³/mol. The summed E-state index contributed by atoms with van der Waals surface area (Å²) in [5.41, 5.74) is 2.06. The van der Waals surface area contributed by atoms with Gasteiger partial charge in [-0.3, -0.25) is 29.3 Å². The van der Waals surface area contributed by atoms with Crippen LogP contribution >= 0.6 is 11.3 Å². The number of piperazine rings is 1.